The van der Waals surface area contributed by atoms with Crippen molar-refractivity contribution in [2.75, 3.05) is 18.4 Å². The molecule has 2 aliphatic heterocycles. The van der Waals surface area contributed by atoms with Crippen molar-refractivity contribution in [1.29, 1.82) is 0 Å². The molecule has 266 valence electrons. The second-order valence-electron chi connectivity index (χ2n) is 14.0. The van der Waals surface area contributed by atoms with E-state index in [4.69, 9.17) is 10.7 Å². The van der Waals surface area contributed by atoms with Gasteiger partial charge in [-0.05, 0) is 86.1 Å². The third-order valence-electron chi connectivity index (χ3n) is 9.94. The van der Waals surface area contributed by atoms with Crippen molar-refractivity contribution in [1.82, 2.24) is 34.7 Å². The van der Waals surface area contributed by atoms with Crippen LogP contribution >= 0.6 is 0 Å². The van der Waals surface area contributed by atoms with Crippen LogP contribution in [0.5, 0.6) is 0 Å². The third-order valence-corrected chi connectivity index (χ3v) is 9.94. The van der Waals surface area contributed by atoms with Gasteiger partial charge in [-0.15, -0.1) is 0 Å². The fourth-order valence-corrected chi connectivity index (χ4v) is 7.13. The number of imidazole rings is 2. The number of carbonyl (C=O) groups is 2. The van der Waals surface area contributed by atoms with E-state index in [1.807, 2.05) is 82.9 Å². The molecule has 5 heterocycles. The van der Waals surface area contributed by atoms with Gasteiger partial charge in [-0.25, -0.2) is 9.97 Å². The molecular weight excluding hydrogens is 651 g/mol. The van der Waals surface area contributed by atoms with Crippen LogP contribution in [-0.2, 0) is 9.59 Å². The highest BCUT2D eigenvalue weighted by Gasteiger charge is 2.37. The molecular formula is C41H45N9O2. The smallest absolute Gasteiger partial charge is 0.245 e. The molecule has 0 saturated carbocycles. The minimum absolute atomic E-state index is 0.0414. The van der Waals surface area contributed by atoms with Crippen LogP contribution in [0.2, 0.25) is 0 Å². The molecule has 1 unspecified atom stereocenters. The summed E-state index contributed by atoms with van der Waals surface area (Å²) in [6.07, 6.45) is 10.7. The highest BCUT2D eigenvalue weighted by molar-refractivity contribution is 5.85. The SMILES string of the molecule is CC(N)C(=O)N1CCC[C@H]1c1ncc(-c2ccc(C#Cc3ccc(-c4cnc([C@@H]5CCCN5C(=O)[C@@H](Nc5cccnc5)C(C)C)[nH]4)cc3)cc2)[nH]1. The number of hydrogen-bond donors (Lipinski definition) is 4. The van der Waals surface area contributed by atoms with Gasteiger partial charge in [0.2, 0.25) is 11.8 Å². The Labute approximate surface area is 304 Å². The average molecular weight is 696 g/mol. The molecule has 2 saturated heterocycles. The molecule has 5 N–H and O–H groups in total. The van der Waals surface area contributed by atoms with Crippen LogP contribution in [0.1, 0.15) is 81.3 Å². The maximum atomic E-state index is 13.8. The van der Waals surface area contributed by atoms with Crippen LogP contribution in [0.25, 0.3) is 22.5 Å². The Morgan fingerprint density at radius 1 is 0.769 bits per heavy atom. The number of carbonyl (C=O) groups excluding carboxylic acids is 2. The Balaban J connectivity index is 0.981. The number of H-pyrrole nitrogens is 2. The molecule has 11 nitrogen and oxygen atoms in total. The number of anilines is 1. The summed E-state index contributed by atoms with van der Waals surface area (Å²) in [6.45, 7) is 7.25. The molecule has 0 radical (unpaired) electrons. The van der Waals surface area contributed by atoms with E-state index in [1.54, 1.807) is 19.3 Å². The Kier molecular flexibility index (Phi) is 10.2. The third kappa shape index (κ3) is 7.48. The summed E-state index contributed by atoms with van der Waals surface area (Å²) in [5.74, 6) is 8.28. The summed E-state index contributed by atoms with van der Waals surface area (Å²) in [5.41, 5.74) is 12.3. The number of hydrogen-bond acceptors (Lipinski definition) is 7. The van der Waals surface area contributed by atoms with Gasteiger partial charge >= 0.3 is 0 Å². The fourth-order valence-electron chi connectivity index (χ4n) is 7.13. The van der Waals surface area contributed by atoms with Crippen molar-refractivity contribution in [2.45, 2.75) is 70.6 Å². The molecule has 2 aromatic carbocycles. The molecule has 4 atom stereocenters. The van der Waals surface area contributed by atoms with Crippen molar-refractivity contribution >= 4 is 17.5 Å². The van der Waals surface area contributed by atoms with E-state index in [0.29, 0.717) is 13.1 Å². The Hall–Kier alpha value is -5.73. The van der Waals surface area contributed by atoms with E-state index in [1.165, 1.54) is 0 Å². The van der Waals surface area contributed by atoms with Crippen molar-refractivity contribution in [2.24, 2.45) is 11.7 Å². The number of aromatic amines is 2. The van der Waals surface area contributed by atoms with Crippen LogP contribution < -0.4 is 11.1 Å². The number of nitrogens with two attached hydrogens (primary N) is 1. The molecule has 2 aliphatic rings. The molecule has 2 amide bonds. The van der Waals surface area contributed by atoms with Gasteiger partial charge in [0, 0.05) is 36.6 Å². The van der Waals surface area contributed by atoms with Crippen LogP contribution in [0.3, 0.4) is 0 Å². The topological polar surface area (TPSA) is 149 Å². The van der Waals surface area contributed by atoms with E-state index in [0.717, 1.165) is 76.7 Å². The zero-order valence-electron chi connectivity index (χ0n) is 29.8. The molecule has 3 aromatic heterocycles. The Bertz CT molecular complexity index is 2060. The average Bonchev–Trinajstić information content (AvgIpc) is 4.00. The first-order valence-electron chi connectivity index (χ1n) is 18.1. The van der Waals surface area contributed by atoms with Crippen LogP contribution in [-0.4, -0.2) is 71.7 Å². The van der Waals surface area contributed by atoms with Crippen LogP contribution in [0.15, 0.2) is 85.5 Å². The standard InChI is InChI=1S/C41H45N9O2/c1-26(2)37(46-32-7-4-20-43-23-32)41(52)50-22-6-9-36(50)39-45-25-34(48-39)31-18-14-29(15-19-31)11-10-28-12-16-30(17-13-28)33-24-44-38(47-33)35-8-5-21-49(35)40(51)27(3)42/h4,7,12-20,23-27,35-37,46H,5-6,8-9,21-22,42H2,1-3H3,(H,44,47)(H,45,48)/t27?,35-,36-,37-/m0/s1. The van der Waals surface area contributed by atoms with E-state index in [2.05, 4.69) is 50.9 Å². The molecule has 11 heteroatoms. The maximum Gasteiger partial charge on any atom is 0.245 e. The lowest BCUT2D eigenvalue weighted by molar-refractivity contribution is -0.134. The zero-order chi connectivity index (χ0) is 36.2. The summed E-state index contributed by atoms with van der Waals surface area (Å²) < 4.78 is 0. The highest BCUT2D eigenvalue weighted by atomic mass is 16.2. The number of pyridine rings is 1. The van der Waals surface area contributed by atoms with Gasteiger partial charge in [0.15, 0.2) is 0 Å². The summed E-state index contributed by atoms with van der Waals surface area (Å²) in [7, 11) is 0. The lowest BCUT2D eigenvalue weighted by Gasteiger charge is -2.30. The van der Waals surface area contributed by atoms with E-state index in [9.17, 15) is 9.59 Å². The normalized spacial score (nSPS) is 18.2. The lowest BCUT2D eigenvalue weighted by Crippen LogP contribution is -2.45. The van der Waals surface area contributed by atoms with Gasteiger partial charge in [-0.2, -0.15) is 0 Å². The van der Waals surface area contributed by atoms with Gasteiger partial charge in [0.1, 0.15) is 17.7 Å². The number of nitrogens with one attached hydrogen (secondary N) is 3. The first-order valence-corrected chi connectivity index (χ1v) is 18.1. The van der Waals surface area contributed by atoms with E-state index < -0.39 is 6.04 Å². The van der Waals surface area contributed by atoms with E-state index in [-0.39, 0.29) is 35.9 Å². The lowest BCUT2D eigenvalue weighted by atomic mass is 10.0. The number of likely N-dealkylation sites (tertiary alicyclic amines) is 2. The van der Waals surface area contributed by atoms with Crippen molar-refractivity contribution < 1.29 is 9.59 Å². The number of nitrogens with zero attached hydrogens (tertiary/aromatic N) is 5. The first kappa shape index (κ1) is 34.7. The molecule has 2 fully saturated rings. The van der Waals surface area contributed by atoms with Crippen LogP contribution in [0, 0.1) is 17.8 Å². The number of rotatable bonds is 9. The fraction of sp³-hybridized carbons (Fsp3) is 0.341. The predicted molar refractivity (Wildman–Crippen MR) is 202 cm³/mol. The molecule has 5 aromatic rings. The largest absolute Gasteiger partial charge is 0.372 e. The second-order valence-corrected chi connectivity index (χ2v) is 14.0. The molecule has 7 rings (SSSR count). The number of aromatic nitrogens is 5. The maximum absolute atomic E-state index is 13.8. The van der Waals surface area contributed by atoms with Gasteiger partial charge in [-0.3, -0.25) is 14.6 Å². The van der Waals surface area contributed by atoms with Crippen LogP contribution in [0.4, 0.5) is 5.69 Å². The van der Waals surface area contributed by atoms with Crippen molar-refractivity contribution in [3.05, 3.63) is 108 Å². The Morgan fingerprint density at radius 2 is 1.29 bits per heavy atom. The number of benzene rings is 2. The highest BCUT2D eigenvalue weighted by Crippen LogP contribution is 2.34. The van der Waals surface area contributed by atoms with Gasteiger partial charge in [0.25, 0.3) is 0 Å². The minimum atomic E-state index is -0.524. The number of amides is 2. The minimum Gasteiger partial charge on any atom is -0.372 e. The van der Waals surface area contributed by atoms with E-state index >= 15 is 0 Å². The molecule has 52 heavy (non-hydrogen) atoms. The van der Waals surface area contributed by atoms with Crippen molar-refractivity contribution in [3.8, 4) is 34.4 Å². The zero-order valence-corrected chi connectivity index (χ0v) is 29.8. The van der Waals surface area contributed by atoms with Gasteiger partial charge < -0.3 is 30.8 Å². The van der Waals surface area contributed by atoms with Gasteiger partial charge in [-0.1, -0.05) is 50.0 Å². The second kappa shape index (κ2) is 15.3. The summed E-state index contributed by atoms with van der Waals surface area (Å²) in [4.78, 5) is 50.6. The summed E-state index contributed by atoms with van der Waals surface area (Å²) in [5, 5.41) is 3.40. The Morgan fingerprint density at radius 3 is 1.75 bits per heavy atom. The predicted octanol–water partition coefficient (Wildman–Crippen LogP) is 6.07. The quantitative estimate of drug-likeness (QED) is 0.137. The van der Waals surface area contributed by atoms with Crippen molar-refractivity contribution in [3.63, 3.8) is 0 Å². The summed E-state index contributed by atoms with van der Waals surface area (Å²) >= 11 is 0. The molecule has 0 aliphatic carbocycles. The molecule has 0 bridgehead atoms. The molecule has 0 spiro atoms. The summed E-state index contributed by atoms with van der Waals surface area (Å²) in [6, 6.07) is 18.9. The first-order chi connectivity index (χ1) is 25.2. The van der Waals surface area contributed by atoms with Gasteiger partial charge in [0.05, 0.1) is 47.6 Å². The monoisotopic (exact) mass is 695 g/mol.